The Balaban J connectivity index is 1.90. The van der Waals surface area contributed by atoms with Crippen molar-refractivity contribution in [3.8, 4) is 0 Å². The van der Waals surface area contributed by atoms with Gasteiger partial charge in [-0.25, -0.2) is 0 Å². The van der Waals surface area contributed by atoms with E-state index in [0.717, 1.165) is 5.92 Å². The Labute approximate surface area is 90.4 Å². The van der Waals surface area contributed by atoms with Crippen molar-refractivity contribution in [3.05, 3.63) is 35.7 Å². The number of fused-ring (bicyclic) bond motifs is 1. The number of hydrogen-bond donors (Lipinski definition) is 1. The molecule has 1 aromatic rings. The summed E-state index contributed by atoms with van der Waals surface area (Å²) in [6, 6.07) is 2.86. The minimum atomic E-state index is 0.625. The van der Waals surface area contributed by atoms with Gasteiger partial charge in [0.25, 0.3) is 0 Å². The van der Waals surface area contributed by atoms with Gasteiger partial charge in [0, 0.05) is 18.4 Å². The van der Waals surface area contributed by atoms with Gasteiger partial charge in [0.1, 0.15) is 0 Å². The van der Waals surface area contributed by atoms with Crippen LogP contribution >= 0.6 is 0 Å². The Bertz CT molecular complexity index is 409. The number of rotatable bonds is 1. The van der Waals surface area contributed by atoms with Gasteiger partial charge in [-0.1, -0.05) is 6.08 Å². The van der Waals surface area contributed by atoms with E-state index < -0.39 is 0 Å². The molecule has 2 unspecified atom stereocenters. The molecule has 1 aromatic heterocycles. The zero-order valence-electron chi connectivity index (χ0n) is 9.03. The smallest absolute Gasteiger partial charge is 0.0343 e. The first kappa shape index (κ1) is 9.10. The zero-order valence-corrected chi connectivity index (χ0v) is 9.03. The Morgan fingerprint density at radius 1 is 1.40 bits per heavy atom. The molecule has 0 spiro atoms. The maximum absolute atomic E-state index is 4.26. The SMILES string of the molecule is Cc1cncc(C2=CC3NCCC3C2)c1. The normalized spacial score (nSPS) is 29.0. The fourth-order valence-corrected chi connectivity index (χ4v) is 2.72. The number of pyridine rings is 1. The molecule has 1 saturated heterocycles. The van der Waals surface area contributed by atoms with Crippen LogP contribution in [-0.2, 0) is 0 Å². The molecule has 0 saturated carbocycles. The molecule has 2 aliphatic rings. The van der Waals surface area contributed by atoms with Crippen molar-refractivity contribution in [2.24, 2.45) is 5.92 Å². The molecule has 0 aromatic carbocycles. The molecule has 3 rings (SSSR count). The largest absolute Gasteiger partial charge is 0.310 e. The fraction of sp³-hybridized carbons (Fsp3) is 0.462. The van der Waals surface area contributed by atoms with E-state index >= 15 is 0 Å². The third kappa shape index (κ3) is 1.59. The fourth-order valence-electron chi connectivity index (χ4n) is 2.72. The molecule has 0 amide bonds. The lowest BCUT2D eigenvalue weighted by Crippen LogP contribution is -2.20. The number of nitrogens with zero attached hydrogens (tertiary/aromatic N) is 1. The first-order chi connectivity index (χ1) is 7.33. The van der Waals surface area contributed by atoms with Crippen LogP contribution in [0.15, 0.2) is 24.5 Å². The monoisotopic (exact) mass is 200 g/mol. The molecule has 1 aliphatic carbocycles. The molecule has 1 aliphatic heterocycles. The summed E-state index contributed by atoms with van der Waals surface area (Å²) in [5.74, 6) is 0.834. The molecule has 0 bridgehead atoms. The third-order valence-electron chi connectivity index (χ3n) is 3.51. The van der Waals surface area contributed by atoms with E-state index in [1.54, 1.807) is 0 Å². The van der Waals surface area contributed by atoms with Gasteiger partial charge in [-0.3, -0.25) is 4.98 Å². The molecular formula is C13H16N2. The van der Waals surface area contributed by atoms with Crippen LogP contribution in [0.2, 0.25) is 0 Å². The number of aryl methyl sites for hydroxylation is 1. The number of allylic oxidation sites excluding steroid dienone is 1. The van der Waals surface area contributed by atoms with E-state index in [4.69, 9.17) is 0 Å². The number of hydrogen-bond acceptors (Lipinski definition) is 2. The Morgan fingerprint density at radius 3 is 3.13 bits per heavy atom. The van der Waals surface area contributed by atoms with Gasteiger partial charge in [-0.05, 0) is 55.0 Å². The first-order valence-corrected chi connectivity index (χ1v) is 5.69. The summed E-state index contributed by atoms with van der Waals surface area (Å²) in [6.07, 6.45) is 8.85. The van der Waals surface area contributed by atoms with Crippen LogP contribution in [0.1, 0.15) is 24.0 Å². The molecular weight excluding hydrogens is 184 g/mol. The highest BCUT2D eigenvalue weighted by atomic mass is 15.0. The van der Waals surface area contributed by atoms with Crippen molar-refractivity contribution in [1.82, 2.24) is 10.3 Å². The molecule has 1 fully saturated rings. The number of aromatic nitrogens is 1. The zero-order chi connectivity index (χ0) is 10.3. The standard InChI is InChI=1S/C13H16N2/c1-9-4-12(8-14-7-9)11-5-10-2-3-15-13(10)6-11/h4,6-8,10,13,15H,2-3,5H2,1H3. The quantitative estimate of drug-likeness (QED) is 0.751. The highest BCUT2D eigenvalue weighted by molar-refractivity contribution is 5.68. The second kappa shape index (κ2) is 3.46. The molecule has 78 valence electrons. The van der Waals surface area contributed by atoms with Crippen molar-refractivity contribution in [2.45, 2.75) is 25.8 Å². The predicted octanol–water partition coefficient (Wildman–Crippen LogP) is 2.16. The maximum atomic E-state index is 4.26. The van der Waals surface area contributed by atoms with Crippen LogP contribution in [-0.4, -0.2) is 17.6 Å². The summed E-state index contributed by atoms with van der Waals surface area (Å²) in [7, 11) is 0. The molecule has 1 N–H and O–H groups in total. The predicted molar refractivity (Wildman–Crippen MR) is 61.5 cm³/mol. The summed E-state index contributed by atoms with van der Waals surface area (Å²) < 4.78 is 0. The first-order valence-electron chi connectivity index (χ1n) is 5.69. The van der Waals surface area contributed by atoms with Gasteiger partial charge >= 0.3 is 0 Å². The summed E-state index contributed by atoms with van der Waals surface area (Å²) in [5.41, 5.74) is 4.04. The van der Waals surface area contributed by atoms with E-state index in [1.807, 2.05) is 12.4 Å². The Morgan fingerprint density at radius 2 is 2.33 bits per heavy atom. The van der Waals surface area contributed by atoms with Gasteiger partial charge in [0.15, 0.2) is 0 Å². The lowest BCUT2D eigenvalue weighted by atomic mass is 9.99. The third-order valence-corrected chi connectivity index (χ3v) is 3.51. The molecule has 2 heterocycles. The highest BCUT2D eigenvalue weighted by Gasteiger charge is 2.31. The van der Waals surface area contributed by atoms with Crippen LogP contribution in [0.4, 0.5) is 0 Å². The summed E-state index contributed by atoms with van der Waals surface area (Å²) >= 11 is 0. The van der Waals surface area contributed by atoms with Crippen LogP contribution in [0.5, 0.6) is 0 Å². The van der Waals surface area contributed by atoms with E-state index in [0.29, 0.717) is 6.04 Å². The van der Waals surface area contributed by atoms with Crippen LogP contribution in [0.3, 0.4) is 0 Å². The van der Waals surface area contributed by atoms with Crippen molar-refractivity contribution >= 4 is 5.57 Å². The van der Waals surface area contributed by atoms with Crippen LogP contribution in [0, 0.1) is 12.8 Å². The van der Waals surface area contributed by atoms with Crippen molar-refractivity contribution in [2.75, 3.05) is 6.54 Å². The minimum Gasteiger partial charge on any atom is -0.310 e. The lowest BCUT2D eigenvalue weighted by Gasteiger charge is -2.06. The lowest BCUT2D eigenvalue weighted by molar-refractivity contribution is 0.553. The summed E-state index contributed by atoms with van der Waals surface area (Å²) in [6.45, 7) is 3.29. The Hall–Kier alpha value is -1.15. The van der Waals surface area contributed by atoms with E-state index in [2.05, 4.69) is 29.4 Å². The van der Waals surface area contributed by atoms with Crippen molar-refractivity contribution in [3.63, 3.8) is 0 Å². The van der Waals surface area contributed by atoms with Gasteiger partial charge in [0.05, 0.1) is 0 Å². The van der Waals surface area contributed by atoms with Crippen LogP contribution in [0.25, 0.3) is 5.57 Å². The van der Waals surface area contributed by atoms with Gasteiger partial charge in [-0.15, -0.1) is 0 Å². The Kier molecular flexibility index (Phi) is 2.10. The number of nitrogens with one attached hydrogen (secondary N) is 1. The van der Waals surface area contributed by atoms with Crippen LogP contribution < -0.4 is 5.32 Å². The van der Waals surface area contributed by atoms with E-state index in [1.165, 1.54) is 36.1 Å². The van der Waals surface area contributed by atoms with E-state index in [-0.39, 0.29) is 0 Å². The second-order valence-electron chi connectivity index (χ2n) is 4.68. The van der Waals surface area contributed by atoms with Crippen molar-refractivity contribution < 1.29 is 0 Å². The molecule has 0 radical (unpaired) electrons. The molecule has 2 nitrogen and oxygen atoms in total. The minimum absolute atomic E-state index is 0.625. The van der Waals surface area contributed by atoms with E-state index in [9.17, 15) is 0 Å². The average Bonchev–Trinajstić information content (AvgIpc) is 2.76. The maximum Gasteiger partial charge on any atom is 0.0343 e. The molecule has 2 atom stereocenters. The molecule has 2 heteroatoms. The molecule has 15 heavy (non-hydrogen) atoms. The summed E-state index contributed by atoms with van der Waals surface area (Å²) in [4.78, 5) is 4.26. The van der Waals surface area contributed by atoms with Crippen molar-refractivity contribution in [1.29, 1.82) is 0 Å². The van der Waals surface area contributed by atoms with Gasteiger partial charge in [0.2, 0.25) is 0 Å². The van der Waals surface area contributed by atoms with Gasteiger partial charge in [-0.2, -0.15) is 0 Å². The topological polar surface area (TPSA) is 24.9 Å². The summed E-state index contributed by atoms with van der Waals surface area (Å²) in [5, 5.41) is 3.54. The highest BCUT2D eigenvalue weighted by Crippen LogP contribution is 2.36. The average molecular weight is 200 g/mol. The second-order valence-corrected chi connectivity index (χ2v) is 4.68. The van der Waals surface area contributed by atoms with Gasteiger partial charge < -0.3 is 5.32 Å².